The molecule has 0 aliphatic carbocycles. The summed E-state index contributed by atoms with van der Waals surface area (Å²) >= 11 is 0. The molecule has 0 atom stereocenters. The first kappa shape index (κ1) is 15.9. The molecule has 0 aromatic heterocycles. The lowest BCUT2D eigenvalue weighted by molar-refractivity contribution is -1.16. The maximum absolute atomic E-state index is 10.3. The normalized spacial score (nSPS) is 30.3. The number of nitrogens with two attached hydrogens (primary N) is 1. The highest BCUT2D eigenvalue weighted by molar-refractivity contribution is 4.88. The lowest BCUT2D eigenvalue weighted by atomic mass is 9.79. The smallest absolute Gasteiger partial charge is 0.123 e. The second-order valence-corrected chi connectivity index (χ2v) is 6.71. The van der Waals surface area contributed by atoms with Gasteiger partial charge >= 0.3 is 0 Å². The van der Waals surface area contributed by atoms with E-state index in [1.54, 1.807) is 0 Å². The molecule has 1 rings (SSSR count). The zero-order chi connectivity index (χ0) is 13.8. The molecule has 0 unspecified atom stereocenters. The molecule has 0 bridgehead atoms. The summed E-state index contributed by atoms with van der Waals surface area (Å²) in [7, 11) is 0. The van der Waals surface area contributed by atoms with Crippen LogP contribution in [0.2, 0.25) is 0 Å². The van der Waals surface area contributed by atoms with Gasteiger partial charge in [0.1, 0.15) is 11.1 Å². The van der Waals surface area contributed by atoms with Gasteiger partial charge in [-0.25, -0.2) is 5.21 Å². The van der Waals surface area contributed by atoms with Gasteiger partial charge in [-0.05, 0) is 27.7 Å². The molecule has 18 heavy (non-hydrogen) atoms. The van der Waals surface area contributed by atoms with Crippen molar-refractivity contribution in [1.29, 1.82) is 0 Å². The molecule has 0 aromatic rings. The molecule has 1 fully saturated rings. The van der Waals surface area contributed by atoms with Crippen LogP contribution in [0.4, 0.5) is 0 Å². The molecule has 1 saturated heterocycles. The van der Waals surface area contributed by atoms with Crippen molar-refractivity contribution in [3.8, 4) is 0 Å². The first-order chi connectivity index (χ1) is 8.29. The van der Waals surface area contributed by atoms with E-state index in [9.17, 15) is 5.21 Å². The lowest BCUT2D eigenvalue weighted by Crippen LogP contribution is -3.25. The summed E-state index contributed by atoms with van der Waals surface area (Å²) in [5.74, 6) is 0. The second-order valence-electron chi connectivity index (χ2n) is 6.71. The predicted octanol–water partition coefficient (Wildman–Crippen LogP) is -0.882. The minimum Gasteiger partial charge on any atom is -0.329 e. The second kappa shape index (κ2) is 6.30. The highest BCUT2D eigenvalue weighted by atomic mass is 16.5. The van der Waals surface area contributed by atoms with Gasteiger partial charge in [0.15, 0.2) is 0 Å². The third-order valence-corrected chi connectivity index (χ3v) is 3.85. The minimum absolute atomic E-state index is 0.0932. The Morgan fingerprint density at radius 2 is 1.67 bits per heavy atom. The summed E-state index contributed by atoms with van der Waals surface area (Å²) in [6.07, 6.45) is 2.00. The molecule has 5 nitrogen and oxygen atoms in total. The SMILES string of the molecule is CC1(C)CC(NCCNCCN)CC(C)(C)[NH+]1O. The molecule has 0 spiro atoms. The van der Waals surface area contributed by atoms with Crippen molar-refractivity contribution in [3.63, 3.8) is 0 Å². The summed E-state index contributed by atoms with van der Waals surface area (Å²) in [5.41, 5.74) is 5.24. The zero-order valence-corrected chi connectivity index (χ0v) is 12.3. The van der Waals surface area contributed by atoms with E-state index >= 15 is 0 Å². The van der Waals surface area contributed by atoms with E-state index in [-0.39, 0.29) is 11.1 Å². The molecular weight excluding hydrogens is 228 g/mol. The van der Waals surface area contributed by atoms with E-state index in [0.717, 1.165) is 32.5 Å². The minimum atomic E-state index is -0.0932. The lowest BCUT2D eigenvalue weighted by Gasteiger charge is -2.47. The first-order valence-corrected chi connectivity index (χ1v) is 7.00. The molecule has 0 radical (unpaired) electrons. The molecule has 0 saturated carbocycles. The quantitative estimate of drug-likeness (QED) is 0.402. The van der Waals surface area contributed by atoms with Crippen LogP contribution in [0, 0.1) is 0 Å². The average Bonchev–Trinajstić information content (AvgIpc) is 2.25. The van der Waals surface area contributed by atoms with Crippen molar-refractivity contribution in [2.45, 2.75) is 57.7 Å². The molecule has 108 valence electrons. The summed E-state index contributed by atoms with van der Waals surface area (Å²) in [5, 5.41) is 17.8. The number of rotatable bonds is 6. The maximum atomic E-state index is 10.3. The summed E-state index contributed by atoms with van der Waals surface area (Å²) in [6, 6.07) is 0.477. The monoisotopic (exact) mass is 259 g/mol. The molecule has 1 heterocycles. The fourth-order valence-corrected chi connectivity index (χ4v) is 3.15. The molecule has 5 heteroatoms. The number of piperidine rings is 1. The Bertz CT molecular complexity index is 237. The molecular formula is C13H31N4O+. The van der Waals surface area contributed by atoms with Crippen LogP contribution in [-0.4, -0.2) is 48.5 Å². The molecule has 0 aromatic carbocycles. The van der Waals surface area contributed by atoms with Crippen LogP contribution in [-0.2, 0) is 0 Å². The van der Waals surface area contributed by atoms with E-state index in [4.69, 9.17) is 5.73 Å². The highest BCUT2D eigenvalue weighted by Crippen LogP contribution is 2.23. The van der Waals surface area contributed by atoms with Gasteiger partial charge in [0.05, 0.1) is 0 Å². The van der Waals surface area contributed by atoms with Crippen molar-refractivity contribution in [2.75, 3.05) is 26.2 Å². The largest absolute Gasteiger partial charge is 0.329 e. The van der Waals surface area contributed by atoms with Gasteiger partial charge in [-0.2, -0.15) is 5.06 Å². The van der Waals surface area contributed by atoms with Gasteiger partial charge in [-0.3, -0.25) is 0 Å². The van der Waals surface area contributed by atoms with Gasteiger partial charge < -0.3 is 16.4 Å². The molecule has 1 aliphatic heterocycles. The number of hydroxylamine groups is 2. The van der Waals surface area contributed by atoms with E-state index < -0.39 is 0 Å². The van der Waals surface area contributed by atoms with Gasteiger partial charge in [-0.1, -0.05) is 0 Å². The highest BCUT2D eigenvalue weighted by Gasteiger charge is 2.49. The van der Waals surface area contributed by atoms with E-state index in [1.807, 2.05) is 0 Å². The standard InChI is InChI=1S/C13H30N4O/c1-12(2)9-11(10-13(3,4)17(12)18)16-8-7-15-6-5-14/h11,15-16,18H,5-10,14H2,1-4H3/p+1. The van der Waals surface area contributed by atoms with Crippen LogP contribution in [0.25, 0.3) is 0 Å². The zero-order valence-electron chi connectivity index (χ0n) is 12.3. The Kier molecular flexibility index (Phi) is 5.55. The number of hydrogen-bond donors (Lipinski definition) is 5. The van der Waals surface area contributed by atoms with Crippen molar-refractivity contribution in [2.24, 2.45) is 5.73 Å². The van der Waals surface area contributed by atoms with Crippen LogP contribution in [0.15, 0.2) is 0 Å². The van der Waals surface area contributed by atoms with E-state index in [0.29, 0.717) is 17.6 Å². The van der Waals surface area contributed by atoms with Gasteiger partial charge in [0.2, 0.25) is 0 Å². The van der Waals surface area contributed by atoms with Crippen molar-refractivity contribution in [1.82, 2.24) is 10.6 Å². The van der Waals surface area contributed by atoms with Gasteiger partial charge in [-0.15, -0.1) is 0 Å². The Hall–Kier alpha value is -0.200. The van der Waals surface area contributed by atoms with Gasteiger partial charge in [0, 0.05) is 45.1 Å². The van der Waals surface area contributed by atoms with E-state index in [1.165, 1.54) is 0 Å². The van der Waals surface area contributed by atoms with Crippen LogP contribution in [0.3, 0.4) is 0 Å². The third kappa shape index (κ3) is 4.17. The topological polar surface area (TPSA) is 74.8 Å². The fraction of sp³-hybridized carbons (Fsp3) is 1.00. The summed E-state index contributed by atoms with van der Waals surface area (Å²) in [4.78, 5) is 0. The summed E-state index contributed by atoms with van der Waals surface area (Å²) < 4.78 is 0. The van der Waals surface area contributed by atoms with Crippen molar-refractivity contribution >= 4 is 0 Å². The molecule has 1 aliphatic rings. The van der Waals surface area contributed by atoms with Crippen molar-refractivity contribution in [3.05, 3.63) is 0 Å². The average molecular weight is 259 g/mol. The van der Waals surface area contributed by atoms with Crippen LogP contribution in [0.5, 0.6) is 0 Å². The first-order valence-electron chi connectivity index (χ1n) is 7.00. The van der Waals surface area contributed by atoms with Crippen LogP contribution in [0.1, 0.15) is 40.5 Å². The number of quaternary nitrogens is 1. The third-order valence-electron chi connectivity index (χ3n) is 3.85. The Labute approximate surface area is 111 Å². The summed E-state index contributed by atoms with van der Waals surface area (Å²) in [6.45, 7) is 12.0. The Balaban J connectivity index is 2.39. The molecule has 6 N–H and O–H groups in total. The van der Waals surface area contributed by atoms with Crippen LogP contribution >= 0.6 is 0 Å². The van der Waals surface area contributed by atoms with Crippen molar-refractivity contribution < 1.29 is 10.3 Å². The number of nitrogens with one attached hydrogen (secondary N) is 3. The maximum Gasteiger partial charge on any atom is 0.123 e. The van der Waals surface area contributed by atoms with Crippen LogP contribution < -0.4 is 21.4 Å². The number of hydrogen-bond acceptors (Lipinski definition) is 4. The predicted molar refractivity (Wildman–Crippen MR) is 73.9 cm³/mol. The van der Waals surface area contributed by atoms with E-state index in [2.05, 4.69) is 38.3 Å². The molecule has 0 amide bonds. The van der Waals surface area contributed by atoms with Gasteiger partial charge in [0.25, 0.3) is 0 Å². The fourth-order valence-electron chi connectivity index (χ4n) is 3.15. The Morgan fingerprint density at radius 1 is 1.11 bits per heavy atom. The Morgan fingerprint density at radius 3 is 2.17 bits per heavy atom.